The number of carbonyl (C=O) groups excluding carboxylic acids is 4. The van der Waals surface area contributed by atoms with Gasteiger partial charge >= 0.3 is 12.2 Å². The van der Waals surface area contributed by atoms with E-state index in [2.05, 4.69) is 0 Å². The molecule has 0 bridgehead atoms. The number of ketones is 2. The number of fused-ring (bicyclic) bond motifs is 2. The van der Waals surface area contributed by atoms with Crippen LogP contribution in [0.15, 0.2) is 59.9 Å². The standard InChI is InChI=1S/C26H26N2O6/c1-25(2,3)33-23(31)27-17-13-9-7-11-15(17)21(29)19(27)20-22(30)16-12-8-10-14-18(16)28(20)24(32)34-26(4,5)6/h7-14H,1-6H3/b20-19+. The summed E-state index contributed by atoms with van der Waals surface area (Å²) in [6, 6.07) is 13.0. The van der Waals surface area contributed by atoms with Gasteiger partial charge in [-0.2, -0.15) is 0 Å². The molecule has 0 saturated heterocycles. The minimum Gasteiger partial charge on any atom is -0.443 e. The van der Waals surface area contributed by atoms with Gasteiger partial charge in [0.1, 0.15) is 22.6 Å². The molecule has 8 nitrogen and oxygen atoms in total. The summed E-state index contributed by atoms with van der Waals surface area (Å²) in [5, 5.41) is 0. The van der Waals surface area contributed by atoms with Crippen LogP contribution in [0.1, 0.15) is 62.3 Å². The summed E-state index contributed by atoms with van der Waals surface area (Å²) in [6.45, 7) is 10.2. The number of benzene rings is 2. The van der Waals surface area contributed by atoms with Gasteiger partial charge in [0.05, 0.1) is 11.4 Å². The number of rotatable bonds is 0. The van der Waals surface area contributed by atoms with Crippen LogP contribution in [0.4, 0.5) is 21.0 Å². The normalized spacial score (nSPS) is 17.6. The predicted molar refractivity (Wildman–Crippen MR) is 126 cm³/mol. The molecule has 2 aliphatic rings. The Balaban J connectivity index is 1.97. The van der Waals surface area contributed by atoms with E-state index < -0.39 is 35.0 Å². The fourth-order valence-corrected chi connectivity index (χ4v) is 3.84. The summed E-state index contributed by atoms with van der Waals surface area (Å²) >= 11 is 0. The van der Waals surface area contributed by atoms with Crippen molar-refractivity contribution in [1.82, 2.24) is 0 Å². The van der Waals surface area contributed by atoms with Gasteiger partial charge in [-0.05, 0) is 65.8 Å². The summed E-state index contributed by atoms with van der Waals surface area (Å²) in [5.74, 6) is -1.13. The van der Waals surface area contributed by atoms with Crippen LogP contribution in [0.25, 0.3) is 0 Å². The average Bonchev–Trinajstić information content (AvgIpc) is 3.17. The molecule has 4 rings (SSSR count). The Morgan fingerprint density at radius 1 is 0.618 bits per heavy atom. The second-order valence-corrected chi connectivity index (χ2v) is 10.0. The van der Waals surface area contributed by atoms with Crippen molar-refractivity contribution in [3.8, 4) is 0 Å². The molecule has 2 heterocycles. The van der Waals surface area contributed by atoms with E-state index in [4.69, 9.17) is 9.47 Å². The van der Waals surface area contributed by atoms with Crippen LogP contribution in [0.5, 0.6) is 0 Å². The van der Waals surface area contributed by atoms with Gasteiger partial charge in [-0.1, -0.05) is 24.3 Å². The van der Waals surface area contributed by atoms with E-state index in [0.717, 1.165) is 9.80 Å². The molecule has 34 heavy (non-hydrogen) atoms. The third-order valence-corrected chi connectivity index (χ3v) is 5.03. The Morgan fingerprint density at radius 2 is 0.941 bits per heavy atom. The van der Waals surface area contributed by atoms with Crippen LogP contribution >= 0.6 is 0 Å². The van der Waals surface area contributed by atoms with E-state index in [1.165, 1.54) is 0 Å². The number of para-hydroxylation sites is 2. The highest BCUT2D eigenvalue weighted by Crippen LogP contribution is 2.43. The van der Waals surface area contributed by atoms with Crippen LogP contribution in [-0.2, 0) is 9.47 Å². The monoisotopic (exact) mass is 462 g/mol. The predicted octanol–water partition coefficient (Wildman–Crippen LogP) is 5.47. The highest BCUT2D eigenvalue weighted by Gasteiger charge is 2.48. The van der Waals surface area contributed by atoms with E-state index in [0.29, 0.717) is 0 Å². The molecule has 176 valence electrons. The molecule has 2 amide bonds. The van der Waals surface area contributed by atoms with Gasteiger partial charge in [0, 0.05) is 11.1 Å². The van der Waals surface area contributed by atoms with Crippen molar-refractivity contribution in [2.24, 2.45) is 0 Å². The Bertz CT molecular complexity index is 1170. The first kappa shape index (κ1) is 23.2. The van der Waals surface area contributed by atoms with Crippen molar-refractivity contribution < 1.29 is 28.7 Å². The molecule has 8 heteroatoms. The van der Waals surface area contributed by atoms with Gasteiger partial charge in [-0.15, -0.1) is 0 Å². The molecule has 0 radical (unpaired) electrons. The quantitative estimate of drug-likeness (QED) is 0.482. The maximum atomic E-state index is 13.6. The van der Waals surface area contributed by atoms with Crippen molar-refractivity contribution in [3.63, 3.8) is 0 Å². The van der Waals surface area contributed by atoms with Gasteiger partial charge in [0.2, 0.25) is 11.6 Å². The van der Waals surface area contributed by atoms with E-state index >= 15 is 0 Å². The summed E-state index contributed by atoms with van der Waals surface area (Å²) < 4.78 is 11.1. The number of allylic oxidation sites excluding steroid dienone is 2. The summed E-state index contributed by atoms with van der Waals surface area (Å²) in [4.78, 5) is 55.9. The Morgan fingerprint density at radius 3 is 1.26 bits per heavy atom. The molecule has 2 aliphatic heterocycles. The largest absolute Gasteiger partial charge is 0.443 e. The average molecular weight is 463 g/mol. The van der Waals surface area contributed by atoms with Gasteiger partial charge in [0.25, 0.3) is 0 Å². The van der Waals surface area contributed by atoms with Gasteiger partial charge < -0.3 is 9.47 Å². The van der Waals surface area contributed by atoms with Crippen molar-refractivity contribution in [2.75, 3.05) is 9.80 Å². The van der Waals surface area contributed by atoms with Gasteiger partial charge in [-0.25, -0.2) is 19.4 Å². The Labute approximate surface area is 197 Å². The minimum absolute atomic E-state index is 0.226. The third kappa shape index (κ3) is 3.96. The Hall–Kier alpha value is -3.94. The molecule has 0 aliphatic carbocycles. The van der Waals surface area contributed by atoms with Crippen LogP contribution in [0.2, 0.25) is 0 Å². The molecular formula is C26H26N2O6. The molecular weight excluding hydrogens is 436 g/mol. The smallest absolute Gasteiger partial charge is 0.419 e. The van der Waals surface area contributed by atoms with Crippen LogP contribution < -0.4 is 9.80 Å². The van der Waals surface area contributed by atoms with Crippen LogP contribution in [0.3, 0.4) is 0 Å². The number of carbonyl (C=O) groups is 4. The fourth-order valence-electron chi connectivity index (χ4n) is 3.84. The molecule has 0 saturated carbocycles. The van der Waals surface area contributed by atoms with Crippen molar-refractivity contribution in [1.29, 1.82) is 0 Å². The maximum Gasteiger partial charge on any atom is 0.419 e. The summed E-state index contributed by atoms with van der Waals surface area (Å²) in [7, 11) is 0. The van der Waals surface area contributed by atoms with E-state index in [1.807, 2.05) is 0 Å². The minimum atomic E-state index is -0.860. The molecule has 2 aromatic rings. The zero-order chi connectivity index (χ0) is 25.0. The first-order valence-electron chi connectivity index (χ1n) is 10.9. The molecule has 0 aromatic heterocycles. The summed E-state index contributed by atoms with van der Waals surface area (Å²) in [6.07, 6.45) is -1.66. The second-order valence-electron chi connectivity index (χ2n) is 10.0. The SMILES string of the molecule is CC(C)(C)OC(=O)N1/C(=C2\C(=O)c3ccccc3N2C(=O)OC(C)(C)C)C(=O)c2ccccc21. The lowest BCUT2D eigenvalue weighted by atomic mass is 10.1. The molecule has 0 unspecified atom stereocenters. The highest BCUT2D eigenvalue weighted by atomic mass is 16.6. The third-order valence-electron chi connectivity index (χ3n) is 5.03. The second kappa shape index (κ2) is 7.83. The first-order valence-corrected chi connectivity index (χ1v) is 10.9. The molecule has 2 aromatic carbocycles. The molecule has 0 N–H and O–H groups in total. The number of ether oxygens (including phenoxy) is 2. The highest BCUT2D eigenvalue weighted by molar-refractivity contribution is 6.33. The van der Waals surface area contributed by atoms with E-state index in [1.54, 1.807) is 90.1 Å². The molecule has 0 spiro atoms. The number of amides is 2. The lowest BCUT2D eigenvalue weighted by Crippen LogP contribution is -2.40. The van der Waals surface area contributed by atoms with Crippen LogP contribution in [0, 0.1) is 0 Å². The lowest BCUT2D eigenvalue weighted by Gasteiger charge is -2.28. The molecule has 0 atom stereocenters. The first-order chi connectivity index (χ1) is 15.8. The Kier molecular flexibility index (Phi) is 5.35. The number of anilines is 2. The number of hydrogen-bond acceptors (Lipinski definition) is 6. The number of Topliss-reactive ketones (excluding diaryl/α,β-unsaturated/α-hetero) is 2. The fraction of sp³-hybridized carbons (Fsp3) is 0.308. The van der Waals surface area contributed by atoms with E-state index in [9.17, 15) is 19.2 Å². The summed E-state index contributed by atoms with van der Waals surface area (Å²) in [5.41, 5.74) is -1.21. The zero-order valence-electron chi connectivity index (χ0n) is 20.0. The van der Waals surface area contributed by atoms with Crippen molar-refractivity contribution in [2.45, 2.75) is 52.7 Å². The number of nitrogens with zero attached hydrogens (tertiary/aromatic N) is 2. The van der Waals surface area contributed by atoms with Crippen molar-refractivity contribution >= 4 is 35.1 Å². The van der Waals surface area contributed by atoms with Gasteiger partial charge in [0.15, 0.2) is 0 Å². The maximum absolute atomic E-state index is 13.6. The van der Waals surface area contributed by atoms with Crippen molar-refractivity contribution in [3.05, 3.63) is 71.1 Å². The lowest BCUT2D eigenvalue weighted by molar-refractivity contribution is 0.0571. The zero-order valence-corrected chi connectivity index (χ0v) is 20.0. The van der Waals surface area contributed by atoms with Gasteiger partial charge in [-0.3, -0.25) is 9.59 Å². The van der Waals surface area contributed by atoms with E-state index in [-0.39, 0.29) is 33.9 Å². The molecule has 0 fully saturated rings. The number of hydrogen-bond donors (Lipinski definition) is 0. The van der Waals surface area contributed by atoms with Crippen LogP contribution in [-0.4, -0.2) is 35.0 Å². The topological polar surface area (TPSA) is 93.2 Å².